The predicted molar refractivity (Wildman–Crippen MR) is 126 cm³/mol. The summed E-state index contributed by atoms with van der Waals surface area (Å²) in [5.74, 6) is 0.360. The Morgan fingerprint density at radius 3 is 2.60 bits per heavy atom. The number of benzene rings is 2. The SMILES string of the molecule is CN=C(NCCC(=O)Nc1cccc(Cl)c1C)NCc1ccccc1OC(F)F.I. The molecule has 0 atom stereocenters. The third kappa shape index (κ3) is 8.31. The van der Waals surface area contributed by atoms with E-state index in [1.165, 1.54) is 6.07 Å². The molecule has 6 nitrogen and oxygen atoms in total. The zero-order chi connectivity index (χ0) is 21.2. The molecule has 2 aromatic rings. The number of amides is 1. The van der Waals surface area contributed by atoms with Crippen molar-refractivity contribution in [2.24, 2.45) is 4.99 Å². The number of alkyl halides is 2. The molecule has 164 valence electrons. The van der Waals surface area contributed by atoms with Gasteiger partial charge in [0.05, 0.1) is 0 Å². The molecule has 0 aliphatic heterocycles. The van der Waals surface area contributed by atoms with Gasteiger partial charge in [-0.15, -0.1) is 24.0 Å². The lowest BCUT2D eigenvalue weighted by Gasteiger charge is -2.14. The molecule has 2 rings (SSSR count). The Bertz CT molecular complexity index is 868. The highest BCUT2D eigenvalue weighted by Crippen LogP contribution is 2.23. The van der Waals surface area contributed by atoms with E-state index in [0.29, 0.717) is 28.8 Å². The van der Waals surface area contributed by atoms with Crippen LogP contribution in [-0.4, -0.2) is 32.1 Å². The second-order valence-electron chi connectivity index (χ2n) is 6.05. The minimum Gasteiger partial charge on any atom is -0.434 e. The van der Waals surface area contributed by atoms with Crippen molar-refractivity contribution in [3.05, 3.63) is 58.6 Å². The Hall–Kier alpha value is -2.14. The number of halogens is 4. The largest absolute Gasteiger partial charge is 0.434 e. The average Bonchev–Trinajstić information content (AvgIpc) is 2.68. The lowest BCUT2D eigenvalue weighted by molar-refractivity contribution is -0.116. The third-order valence-electron chi connectivity index (χ3n) is 4.04. The molecule has 0 spiro atoms. The first-order valence-corrected chi connectivity index (χ1v) is 9.30. The van der Waals surface area contributed by atoms with Gasteiger partial charge in [-0.05, 0) is 30.7 Å². The lowest BCUT2D eigenvalue weighted by Crippen LogP contribution is -2.38. The Balaban J connectivity index is 0.00000450. The van der Waals surface area contributed by atoms with Crippen LogP contribution in [0.2, 0.25) is 5.02 Å². The van der Waals surface area contributed by atoms with Crippen molar-refractivity contribution in [3.63, 3.8) is 0 Å². The summed E-state index contributed by atoms with van der Waals surface area (Å²) in [4.78, 5) is 16.2. The third-order valence-corrected chi connectivity index (χ3v) is 4.45. The van der Waals surface area contributed by atoms with Crippen molar-refractivity contribution in [1.82, 2.24) is 10.6 Å². The second kappa shape index (κ2) is 13.2. The average molecular weight is 553 g/mol. The van der Waals surface area contributed by atoms with E-state index < -0.39 is 6.61 Å². The Morgan fingerprint density at radius 2 is 1.90 bits per heavy atom. The van der Waals surface area contributed by atoms with E-state index in [2.05, 4.69) is 25.7 Å². The summed E-state index contributed by atoms with van der Waals surface area (Å²) in [6.45, 7) is -0.496. The first-order chi connectivity index (χ1) is 13.9. The molecule has 0 bridgehead atoms. The van der Waals surface area contributed by atoms with E-state index in [0.717, 1.165) is 5.56 Å². The highest BCUT2D eigenvalue weighted by molar-refractivity contribution is 14.0. The molecule has 0 heterocycles. The summed E-state index contributed by atoms with van der Waals surface area (Å²) in [7, 11) is 1.58. The summed E-state index contributed by atoms with van der Waals surface area (Å²) in [6.07, 6.45) is 0.206. The number of carbonyl (C=O) groups excluding carboxylic acids is 1. The Labute approximate surface area is 196 Å². The zero-order valence-electron chi connectivity index (χ0n) is 16.5. The predicted octanol–water partition coefficient (Wildman–Crippen LogP) is 4.56. The molecule has 0 saturated carbocycles. The topological polar surface area (TPSA) is 74.8 Å². The van der Waals surface area contributed by atoms with E-state index in [-0.39, 0.29) is 48.6 Å². The standard InChI is InChI=1S/C20H23ClF2N4O2.HI/c1-13-15(21)7-5-8-16(13)27-18(28)10-11-25-20(24-2)26-12-14-6-3-4-9-17(14)29-19(22)23;/h3-9,19H,10-12H2,1-2H3,(H,27,28)(H2,24,25,26);1H. The minimum atomic E-state index is -2.89. The van der Waals surface area contributed by atoms with Gasteiger partial charge in [0.25, 0.3) is 0 Å². The van der Waals surface area contributed by atoms with Crippen LogP contribution in [0.25, 0.3) is 0 Å². The summed E-state index contributed by atoms with van der Waals surface area (Å²) in [6, 6.07) is 11.8. The van der Waals surface area contributed by atoms with Crippen molar-refractivity contribution >= 4 is 53.1 Å². The van der Waals surface area contributed by atoms with Crippen LogP contribution in [0.1, 0.15) is 17.5 Å². The molecule has 0 aromatic heterocycles. The summed E-state index contributed by atoms with van der Waals surface area (Å²) < 4.78 is 29.5. The fourth-order valence-electron chi connectivity index (χ4n) is 2.51. The van der Waals surface area contributed by atoms with Crippen molar-refractivity contribution in [3.8, 4) is 5.75 Å². The van der Waals surface area contributed by atoms with E-state index >= 15 is 0 Å². The van der Waals surface area contributed by atoms with Crippen LogP contribution < -0.4 is 20.7 Å². The fourth-order valence-corrected chi connectivity index (χ4v) is 2.68. The maximum atomic E-state index is 12.5. The molecule has 0 fully saturated rings. The van der Waals surface area contributed by atoms with Crippen molar-refractivity contribution in [2.75, 3.05) is 18.9 Å². The normalized spacial score (nSPS) is 10.9. The number of hydrogen-bond acceptors (Lipinski definition) is 3. The van der Waals surface area contributed by atoms with Gasteiger partial charge in [0.1, 0.15) is 5.75 Å². The molecule has 3 N–H and O–H groups in total. The molecule has 0 radical (unpaired) electrons. The van der Waals surface area contributed by atoms with Gasteiger partial charge in [-0.1, -0.05) is 35.9 Å². The number of para-hydroxylation sites is 1. The van der Waals surface area contributed by atoms with E-state index in [4.69, 9.17) is 11.6 Å². The van der Waals surface area contributed by atoms with Crippen LogP contribution in [0.4, 0.5) is 14.5 Å². The summed E-state index contributed by atoms with van der Waals surface area (Å²) >= 11 is 6.05. The number of ether oxygens (including phenoxy) is 1. The summed E-state index contributed by atoms with van der Waals surface area (Å²) in [5, 5.41) is 9.41. The van der Waals surface area contributed by atoms with E-state index in [1.807, 2.05) is 6.92 Å². The van der Waals surface area contributed by atoms with Gasteiger partial charge in [0.2, 0.25) is 5.91 Å². The molecule has 30 heavy (non-hydrogen) atoms. The van der Waals surface area contributed by atoms with Gasteiger partial charge in [0, 0.05) is 42.8 Å². The number of anilines is 1. The van der Waals surface area contributed by atoms with Crippen LogP contribution in [0.15, 0.2) is 47.5 Å². The van der Waals surface area contributed by atoms with Gasteiger partial charge in [-0.3, -0.25) is 9.79 Å². The van der Waals surface area contributed by atoms with E-state index in [9.17, 15) is 13.6 Å². The Morgan fingerprint density at radius 1 is 1.17 bits per heavy atom. The first-order valence-electron chi connectivity index (χ1n) is 8.93. The molecular formula is C20H24ClF2IN4O2. The minimum absolute atomic E-state index is 0. The van der Waals surface area contributed by atoms with Gasteiger partial charge >= 0.3 is 6.61 Å². The molecule has 0 unspecified atom stereocenters. The van der Waals surface area contributed by atoms with Crippen LogP contribution in [0.5, 0.6) is 5.75 Å². The summed E-state index contributed by atoms with van der Waals surface area (Å²) in [5.41, 5.74) is 2.03. The molecule has 0 aliphatic rings. The molecular weight excluding hydrogens is 529 g/mol. The quantitative estimate of drug-likeness (QED) is 0.255. The lowest BCUT2D eigenvalue weighted by atomic mass is 10.2. The number of rotatable bonds is 8. The van der Waals surface area contributed by atoms with Gasteiger partial charge in [0.15, 0.2) is 5.96 Å². The maximum Gasteiger partial charge on any atom is 0.387 e. The number of guanidine groups is 1. The number of carbonyl (C=O) groups is 1. The van der Waals surface area contributed by atoms with Gasteiger partial charge < -0.3 is 20.7 Å². The molecule has 0 saturated heterocycles. The van der Waals surface area contributed by atoms with Gasteiger partial charge in [-0.25, -0.2) is 0 Å². The second-order valence-corrected chi connectivity index (χ2v) is 6.46. The first kappa shape index (κ1) is 25.9. The molecule has 1 amide bonds. The van der Waals surface area contributed by atoms with Crippen molar-refractivity contribution < 1.29 is 18.3 Å². The van der Waals surface area contributed by atoms with Crippen LogP contribution in [0, 0.1) is 6.92 Å². The fraction of sp³-hybridized carbons (Fsp3) is 0.300. The Kier molecular flexibility index (Phi) is 11.4. The zero-order valence-corrected chi connectivity index (χ0v) is 19.6. The van der Waals surface area contributed by atoms with Crippen LogP contribution in [0.3, 0.4) is 0 Å². The monoisotopic (exact) mass is 552 g/mol. The van der Waals surface area contributed by atoms with E-state index in [1.54, 1.807) is 43.4 Å². The highest BCUT2D eigenvalue weighted by Gasteiger charge is 2.10. The van der Waals surface area contributed by atoms with Gasteiger partial charge in [-0.2, -0.15) is 8.78 Å². The van der Waals surface area contributed by atoms with Crippen molar-refractivity contribution in [1.29, 1.82) is 0 Å². The molecule has 0 aliphatic carbocycles. The number of nitrogens with one attached hydrogen (secondary N) is 3. The maximum absolute atomic E-state index is 12.5. The number of hydrogen-bond donors (Lipinski definition) is 3. The van der Waals surface area contributed by atoms with Crippen molar-refractivity contribution in [2.45, 2.75) is 26.5 Å². The number of aliphatic imine (C=N–C) groups is 1. The van der Waals surface area contributed by atoms with Crippen LogP contribution in [-0.2, 0) is 11.3 Å². The highest BCUT2D eigenvalue weighted by atomic mass is 127. The molecule has 2 aromatic carbocycles. The number of nitrogens with zero attached hydrogens (tertiary/aromatic N) is 1. The smallest absolute Gasteiger partial charge is 0.387 e. The van der Waals surface area contributed by atoms with Crippen LogP contribution >= 0.6 is 35.6 Å². The molecule has 10 heteroatoms.